The van der Waals surface area contributed by atoms with Crippen LogP contribution in [0.4, 0.5) is 0 Å². The van der Waals surface area contributed by atoms with Crippen LogP contribution < -0.4 is 19.2 Å². The molecule has 0 aromatic rings. The van der Waals surface area contributed by atoms with Gasteiger partial charge in [0.05, 0.1) is 0 Å². The Kier molecular flexibility index (Phi) is 24.7. The predicted molar refractivity (Wildman–Crippen MR) is 11.5 cm³/mol. The van der Waals surface area contributed by atoms with E-state index in [0.29, 0.717) is 0 Å². The van der Waals surface area contributed by atoms with Crippen LogP contribution in [0, 0.1) is 0 Å². The fraction of sp³-hybridized carbons (Fsp3) is 0. The molecule has 0 fully saturated rings. The van der Waals surface area contributed by atoms with Crippen molar-refractivity contribution < 1.29 is 64.9 Å². The average Bonchev–Trinajstić information content (AvgIpc) is 0.722. The number of hydrogen-bond acceptors (Lipinski definition) is 4. The Morgan fingerprint density at radius 2 is 0.875 bits per heavy atom. The smallest absolute Gasteiger partial charge is 0.894 e. The molecule has 0 radical (unpaired) electrons. The monoisotopic (exact) mass is 255 g/mol. The van der Waals surface area contributed by atoms with Crippen molar-refractivity contribution in [2.45, 2.75) is 0 Å². The van der Waals surface area contributed by atoms with Crippen molar-refractivity contribution in [2.24, 2.45) is 0 Å². The van der Waals surface area contributed by atoms with E-state index in [0.717, 1.165) is 0 Å². The first-order chi connectivity index (χ1) is 2.00. The van der Waals surface area contributed by atoms with E-state index in [1.54, 1.807) is 0 Å². The van der Waals surface area contributed by atoms with Gasteiger partial charge in [0.2, 0.25) is 0 Å². The van der Waals surface area contributed by atoms with Gasteiger partial charge < -0.3 is 28.2 Å². The van der Waals surface area contributed by atoms with Gasteiger partial charge in [0.15, 0.2) is 0 Å². The maximum atomic E-state index is 8.58. The summed E-state index contributed by atoms with van der Waals surface area (Å²) in [7, 11) is -5.61. The van der Waals surface area contributed by atoms with Crippen LogP contribution in [-0.4, -0.2) is 19.2 Å². The summed E-state index contributed by atoms with van der Waals surface area (Å²) in [5.41, 5.74) is 0. The zero-order chi connectivity index (χ0) is 4.50. The van der Waals surface area contributed by atoms with Crippen LogP contribution in [0.15, 0.2) is 0 Å². The van der Waals surface area contributed by atoms with Gasteiger partial charge in [-0.1, -0.05) is 0 Å². The van der Waals surface area contributed by atoms with E-state index in [4.69, 9.17) is 19.2 Å². The predicted octanol–water partition coefficient (Wildman–Crippen LogP) is -5.52. The second-order valence-corrected chi connectivity index (χ2v) is 1.50. The van der Waals surface area contributed by atoms with Gasteiger partial charge in [-0.2, -0.15) is 0 Å². The summed E-state index contributed by atoms with van der Waals surface area (Å²) in [6.07, 6.45) is 0. The first-order valence-corrected chi connectivity index (χ1v) is 2.45. The Morgan fingerprint density at radius 1 is 0.875 bits per heavy atom. The van der Waals surface area contributed by atoms with Crippen molar-refractivity contribution in [1.82, 2.24) is 0 Å². The molecule has 0 spiro atoms. The molecule has 0 amide bonds. The van der Waals surface area contributed by atoms with Crippen LogP contribution in [0.2, 0.25) is 0 Å². The molecule has 0 N–H and O–H groups in total. The third-order valence-electron chi connectivity index (χ3n) is 0. The van der Waals surface area contributed by atoms with Gasteiger partial charge in [-0.25, -0.2) is 0 Å². The molecule has 0 unspecified atom stereocenters. The third-order valence-corrected chi connectivity index (χ3v) is 0. The molecule has 8 heavy (non-hydrogen) atoms. The summed E-state index contributed by atoms with van der Waals surface area (Å²) in [4.78, 5) is 34.3. The van der Waals surface area contributed by atoms with Crippen LogP contribution >= 0.6 is 0 Å². The molecule has 4 nitrogen and oxygen atoms in total. The minimum Gasteiger partial charge on any atom is -0.894 e. The van der Waals surface area contributed by atoms with E-state index in [9.17, 15) is 0 Å². The fourth-order valence-electron chi connectivity index (χ4n) is 0. The van der Waals surface area contributed by atoms with E-state index in [1.807, 2.05) is 0 Å². The van der Waals surface area contributed by atoms with Crippen molar-refractivity contribution in [3.05, 3.63) is 0 Å². The Balaban J connectivity index is -0.0000000267. The maximum absolute atomic E-state index is 8.58. The molecule has 0 aromatic carbocycles. The standard InChI is InChI=1S/Be.O4Si.Zn.Zr/c;1-5(2,3)4;;/q+2;-4;+2;. The summed E-state index contributed by atoms with van der Waals surface area (Å²) in [6, 6.07) is 0. The fourth-order valence-corrected chi connectivity index (χ4v) is 0. The largest absolute Gasteiger partial charge is 2.00 e. The third kappa shape index (κ3) is 117. The molecule has 0 rings (SSSR count). The van der Waals surface area contributed by atoms with Crippen LogP contribution in [0.1, 0.15) is 0 Å². The zero-order valence-corrected chi connectivity index (χ0v) is 10.5. The van der Waals surface area contributed by atoms with Crippen molar-refractivity contribution in [3.8, 4) is 0 Å². The Morgan fingerprint density at radius 3 is 0.875 bits per heavy atom. The van der Waals surface area contributed by atoms with E-state index >= 15 is 0 Å². The molecule has 0 bridgehead atoms. The molecule has 0 aliphatic rings. The van der Waals surface area contributed by atoms with E-state index in [1.165, 1.54) is 0 Å². The number of rotatable bonds is 0. The van der Waals surface area contributed by atoms with Gasteiger partial charge in [0.25, 0.3) is 0 Å². The SMILES string of the molecule is [Be+2].[O-][Si]([O-])([O-])[O-].[Zn+2].[Zr]. The topological polar surface area (TPSA) is 92.2 Å². The Hall–Kier alpha value is 1.73. The zero-order valence-electron chi connectivity index (χ0n) is 4.05. The molecule has 0 aromatic heterocycles. The van der Waals surface area contributed by atoms with Crippen molar-refractivity contribution in [1.29, 1.82) is 0 Å². The maximum Gasteiger partial charge on any atom is 2.00 e. The second kappa shape index (κ2) is 8.73. The molecular formula is BeO4SiZnZr. The molecule has 0 atom stereocenters. The van der Waals surface area contributed by atoms with Gasteiger partial charge in [-0.15, -0.1) is 0 Å². The van der Waals surface area contributed by atoms with E-state index in [2.05, 4.69) is 0 Å². The summed E-state index contributed by atoms with van der Waals surface area (Å²) >= 11 is 0. The van der Waals surface area contributed by atoms with Gasteiger partial charge in [0.1, 0.15) is 0 Å². The molecule has 0 heterocycles. The molecule has 0 aliphatic heterocycles. The van der Waals surface area contributed by atoms with E-state index < -0.39 is 9.05 Å². The second-order valence-electron chi connectivity index (χ2n) is 0.500. The van der Waals surface area contributed by atoms with Gasteiger partial charge in [-0.05, 0) is 0 Å². The molecular weight excluding hydrogens is 258 g/mol. The van der Waals surface area contributed by atoms with Crippen molar-refractivity contribution in [2.75, 3.05) is 0 Å². The van der Waals surface area contributed by atoms with Gasteiger partial charge >= 0.3 is 29.6 Å². The summed E-state index contributed by atoms with van der Waals surface area (Å²) in [6.45, 7) is 0. The molecule has 8 heteroatoms. The van der Waals surface area contributed by atoms with E-state index in [-0.39, 0.29) is 55.8 Å². The van der Waals surface area contributed by atoms with Gasteiger partial charge in [0, 0.05) is 26.2 Å². The van der Waals surface area contributed by atoms with Gasteiger partial charge in [-0.3, -0.25) is 0 Å². The van der Waals surface area contributed by atoms with Crippen molar-refractivity contribution >= 4 is 19.2 Å². The first-order valence-electron chi connectivity index (χ1n) is 0.816. The first kappa shape index (κ1) is 22.6. The summed E-state index contributed by atoms with van der Waals surface area (Å²) in [5, 5.41) is 0. The number of hydrogen-bond donors (Lipinski definition) is 0. The average molecular weight is 258 g/mol. The minimum atomic E-state index is -5.61. The normalized spacial score (nSPS) is 7.50. The Bertz CT molecular complexity index is 31.5. The van der Waals surface area contributed by atoms with Crippen LogP contribution in [0.3, 0.4) is 0 Å². The molecule has 0 saturated heterocycles. The van der Waals surface area contributed by atoms with Crippen molar-refractivity contribution in [3.63, 3.8) is 0 Å². The van der Waals surface area contributed by atoms with Crippen LogP contribution in [-0.2, 0) is 45.7 Å². The van der Waals surface area contributed by atoms with Crippen LogP contribution in [0.25, 0.3) is 0 Å². The molecule has 0 saturated carbocycles. The summed E-state index contributed by atoms with van der Waals surface area (Å²) in [5.74, 6) is 0. The molecule has 0 aliphatic carbocycles. The Labute approximate surface area is 83.5 Å². The minimum absolute atomic E-state index is 0. The molecule has 36 valence electrons. The van der Waals surface area contributed by atoms with Crippen LogP contribution in [0.5, 0.6) is 0 Å². The quantitative estimate of drug-likeness (QED) is 0.405. The summed E-state index contributed by atoms with van der Waals surface area (Å²) < 4.78 is 0.